The van der Waals surface area contributed by atoms with Gasteiger partial charge < -0.3 is 29.2 Å². The molecule has 0 heterocycles. The number of carbonyl (C=O) groups is 2. The summed E-state index contributed by atoms with van der Waals surface area (Å²) in [6.45, 7) is 26.3. The van der Waals surface area contributed by atoms with Crippen molar-refractivity contribution in [1.82, 2.24) is 0 Å². The van der Waals surface area contributed by atoms with Crippen LogP contribution in [0.4, 0.5) is 0 Å². The Kier molecular flexibility index (Phi) is 13.9. The lowest BCUT2D eigenvalue weighted by atomic mass is 9.77. The van der Waals surface area contributed by atoms with E-state index in [1.54, 1.807) is 20.8 Å². The Hall–Kier alpha value is -3.62. The van der Waals surface area contributed by atoms with Crippen LogP contribution in [0.5, 0.6) is 11.5 Å². The van der Waals surface area contributed by atoms with Crippen molar-refractivity contribution in [3.05, 3.63) is 83.0 Å². The maximum Gasteiger partial charge on any atom is 0.333 e. The van der Waals surface area contributed by atoms with Crippen molar-refractivity contribution < 1.29 is 38.7 Å². The smallest absolute Gasteiger partial charge is 0.333 e. The predicted molar refractivity (Wildman–Crippen MR) is 186 cm³/mol. The van der Waals surface area contributed by atoms with Crippen molar-refractivity contribution in [3.63, 3.8) is 0 Å². The average molecular weight is 653 g/mol. The van der Waals surface area contributed by atoms with Crippen LogP contribution < -0.4 is 9.47 Å². The lowest BCUT2D eigenvalue weighted by molar-refractivity contribution is -0.156. The number of aryl methyl sites for hydroxylation is 2. The molecule has 2 aromatic rings. The van der Waals surface area contributed by atoms with Crippen molar-refractivity contribution in [3.8, 4) is 11.5 Å². The number of ether oxygens (including phenoxy) is 4. The van der Waals surface area contributed by atoms with Gasteiger partial charge in [-0.25, -0.2) is 9.59 Å². The zero-order chi connectivity index (χ0) is 35.7. The summed E-state index contributed by atoms with van der Waals surface area (Å²) >= 11 is 0. The summed E-state index contributed by atoms with van der Waals surface area (Å²) in [5.74, 6) is 0.413. The summed E-state index contributed by atoms with van der Waals surface area (Å²) in [5.41, 5.74) is 2.91. The molecule has 8 nitrogen and oxygen atoms in total. The topological polar surface area (TPSA) is 112 Å². The minimum Gasteiger partial charge on any atom is -0.491 e. The third kappa shape index (κ3) is 11.2. The molecule has 8 heteroatoms. The molecule has 0 aromatic heterocycles. The Bertz CT molecular complexity index is 1430. The zero-order valence-corrected chi connectivity index (χ0v) is 30.1. The van der Waals surface area contributed by atoms with Gasteiger partial charge in [-0.15, -0.1) is 0 Å². The molecule has 2 aromatic carbocycles. The van der Waals surface area contributed by atoms with Crippen molar-refractivity contribution >= 4 is 11.9 Å². The van der Waals surface area contributed by atoms with E-state index in [0.717, 1.165) is 28.0 Å². The van der Waals surface area contributed by atoms with Crippen LogP contribution in [-0.4, -0.2) is 58.8 Å². The number of esters is 2. The van der Waals surface area contributed by atoms with Gasteiger partial charge in [0, 0.05) is 29.4 Å². The number of hydrogen-bond donors (Lipinski definition) is 2. The molecule has 0 spiro atoms. The molecule has 0 saturated heterocycles. The van der Waals surface area contributed by atoms with Crippen LogP contribution in [0.15, 0.2) is 60.7 Å². The van der Waals surface area contributed by atoms with E-state index in [0.29, 0.717) is 30.6 Å². The lowest BCUT2D eigenvalue weighted by Crippen LogP contribution is -2.38. The standard InChI is InChI=1S/C39H56O8/c1-13-38(11,21-32(41)24-45-35(42)25(3)4)46-34-18-16-30(20-28(34)8)37(9,10)29-15-17-33(27(7)19-29)44-23-31(40)22-39(12,14-2)47-36(43)26(5)6/h15-20,31-32,40-41H,3,5,13-14,21-24H2,1-2,4,6-12H3/t31?,32?,38?,39-/m0/s1. The summed E-state index contributed by atoms with van der Waals surface area (Å²) in [4.78, 5) is 23.8. The fraction of sp³-hybridized carbons (Fsp3) is 0.538. The SMILES string of the molecule is C=C(C)C(=O)OCC(O)CC(C)(CC)Oc1ccc(C(C)(C)c2ccc(OCC(O)C[C@](C)(CC)OC(=O)C(=C)C)c(C)c2)cc1C. The van der Waals surface area contributed by atoms with Crippen LogP contribution in [0.1, 0.15) is 103 Å². The second kappa shape index (κ2) is 16.5. The van der Waals surface area contributed by atoms with Crippen LogP contribution >= 0.6 is 0 Å². The van der Waals surface area contributed by atoms with Gasteiger partial charge in [-0.3, -0.25) is 0 Å². The minimum absolute atomic E-state index is 0.0673. The quantitative estimate of drug-likeness (QED) is 0.126. The fourth-order valence-corrected chi connectivity index (χ4v) is 5.21. The van der Waals surface area contributed by atoms with Gasteiger partial charge in [0.1, 0.15) is 35.9 Å². The Morgan fingerprint density at radius 2 is 1.21 bits per heavy atom. The van der Waals surface area contributed by atoms with E-state index in [9.17, 15) is 19.8 Å². The second-order valence-corrected chi connectivity index (χ2v) is 13.9. The lowest BCUT2D eigenvalue weighted by Gasteiger charge is -2.33. The normalized spacial score (nSPS) is 15.4. The van der Waals surface area contributed by atoms with E-state index in [4.69, 9.17) is 18.9 Å². The third-order valence-electron chi connectivity index (χ3n) is 8.85. The predicted octanol–water partition coefficient (Wildman–Crippen LogP) is 7.46. The molecule has 2 N–H and O–H groups in total. The monoisotopic (exact) mass is 652 g/mol. The van der Waals surface area contributed by atoms with Crippen molar-refractivity contribution in [1.29, 1.82) is 0 Å². The number of aliphatic hydroxyl groups is 2. The highest BCUT2D eigenvalue weighted by atomic mass is 16.6. The molecule has 4 atom stereocenters. The molecule has 0 bridgehead atoms. The highest BCUT2D eigenvalue weighted by Crippen LogP contribution is 2.37. The molecule has 0 fully saturated rings. The number of carbonyl (C=O) groups excluding carboxylic acids is 2. The molecule has 0 aliphatic carbocycles. The molecule has 3 unspecified atom stereocenters. The number of hydrogen-bond acceptors (Lipinski definition) is 8. The Labute approximate surface area is 281 Å². The van der Waals surface area contributed by atoms with Crippen LogP contribution in [0, 0.1) is 13.8 Å². The van der Waals surface area contributed by atoms with Crippen LogP contribution in [0.2, 0.25) is 0 Å². The van der Waals surface area contributed by atoms with Crippen LogP contribution in [0.25, 0.3) is 0 Å². The van der Waals surface area contributed by atoms with Crippen LogP contribution in [0.3, 0.4) is 0 Å². The van der Waals surface area contributed by atoms with E-state index in [-0.39, 0.29) is 30.6 Å². The second-order valence-electron chi connectivity index (χ2n) is 13.9. The first kappa shape index (κ1) is 39.6. The third-order valence-corrected chi connectivity index (χ3v) is 8.85. The van der Waals surface area contributed by atoms with Gasteiger partial charge in [0.2, 0.25) is 0 Å². The zero-order valence-electron chi connectivity index (χ0n) is 30.1. The number of aliphatic hydroxyl groups excluding tert-OH is 2. The highest BCUT2D eigenvalue weighted by molar-refractivity contribution is 5.87. The van der Waals surface area contributed by atoms with E-state index < -0.39 is 35.3 Å². The van der Waals surface area contributed by atoms with Gasteiger partial charge in [0.05, 0.1) is 12.2 Å². The molecule has 0 radical (unpaired) electrons. The summed E-state index contributed by atoms with van der Waals surface area (Å²) in [6.07, 6.45) is 0.0429. The Morgan fingerprint density at radius 3 is 1.68 bits per heavy atom. The first-order chi connectivity index (χ1) is 21.8. The molecule has 260 valence electrons. The minimum atomic E-state index is -0.872. The molecule has 0 saturated carbocycles. The number of rotatable bonds is 18. The molecule has 0 aliphatic heterocycles. The first-order valence-electron chi connectivity index (χ1n) is 16.4. The molecule has 47 heavy (non-hydrogen) atoms. The largest absolute Gasteiger partial charge is 0.491 e. The van der Waals surface area contributed by atoms with Crippen LogP contribution in [-0.2, 0) is 24.5 Å². The molecule has 2 rings (SSSR count). The Balaban J connectivity index is 2.12. The maximum absolute atomic E-state index is 12.1. The summed E-state index contributed by atoms with van der Waals surface area (Å²) in [7, 11) is 0. The van der Waals surface area contributed by atoms with Crippen molar-refractivity contribution in [2.75, 3.05) is 13.2 Å². The summed E-state index contributed by atoms with van der Waals surface area (Å²) in [6, 6.07) is 12.2. The average Bonchev–Trinajstić information content (AvgIpc) is 2.99. The molecular formula is C39H56O8. The maximum atomic E-state index is 12.1. The van der Waals surface area contributed by atoms with Gasteiger partial charge in [0.15, 0.2) is 0 Å². The van der Waals surface area contributed by atoms with Gasteiger partial charge in [-0.2, -0.15) is 0 Å². The van der Waals surface area contributed by atoms with E-state index in [2.05, 4.69) is 45.2 Å². The molecule has 0 amide bonds. The van der Waals surface area contributed by atoms with Gasteiger partial charge >= 0.3 is 11.9 Å². The van der Waals surface area contributed by atoms with E-state index in [1.807, 2.05) is 52.8 Å². The number of benzene rings is 2. The van der Waals surface area contributed by atoms with Gasteiger partial charge in [-0.1, -0.05) is 65.1 Å². The van der Waals surface area contributed by atoms with Crippen molar-refractivity contribution in [2.24, 2.45) is 0 Å². The highest BCUT2D eigenvalue weighted by Gasteiger charge is 2.32. The molecular weight excluding hydrogens is 596 g/mol. The summed E-state index contributed by atoms with van der Waals surface area (Å²) < 4.78 is 23.2. The van der Waals surface area contributed by atoms with Gasteiger partial charge in [-0.05, 0) is 88.8 Å². The first-order valence-corrected chi connectivity index (χ1v) is 16.4. The van der Waals surface area contributed by atoms with Gasteiger partial charge in [0.25, 0.3) is 0 Å². The fourth-order valence-electron chi connectivity index (χ4n) is 5.21. The Morgan fingerprint density at radius 1 is 0.745 bits per heavy atom. The van der Waals surface area contributed by atoms with E-state index >= 15 is 0 Å². The van der Waals surface area contributed by atoms with E-state index in [1.165, 1.54) is 0 Å². The molecule has 0 aliphatic rings. The van der Waals surface area contributed by atoms with Crippen molar-refractivity contribution in [2.45, 2.75) is 124 Å². The summed E-state index contributed by atoms with van der Waals surface area (Å²) in [5, 5.41) is 21.3.